The van der Waals surface area contributed by atoms with Crippen LogP contribution in [-0.4, -0.2) is 0 Å². The third-order valence-electron chi connectivity index (χ3n) is 18.8. The Bertz CT molecular complexity index is 979. The van der Waals surface area contributed by atoms with Crippen molar-refractivity contribution >= 4 is 0 Å². The first-order valence-electron chi connectivity index (χ1n) is 38.5. The van der Waals surface area contributed by atoms with Crippen LogP contribution in [0.2, 0.25) is 0 Å². The van der Waals surface area contributed by atoms with Gasteiger partial charge in [0.2, 0.25) is 0 Å². The summed E-state index contributed by atoms with van der Waals surface area (Å²) in [6.45, 7) is 6.14. The van der Waals surface area contributed by atoms with E-state index in [4.69, 9.17) is 0 Å². The van der Waals surface area contributed by atoms with Crippen molar-refractivity contribution in [1.29, 1.82) is 0 Å². The molecule has 0 saturated heterocycles. The lowest BCUT2D eigenvalue weighted by Crippen LogP contribution is -1.85. The highest BCUT2D eigenvalue weighted by molar-refractivity contribution is 4.65. The minimum Gasteiger partial charge on any atom is -0.103 e. The minimum absolute atomic E-state index is 1.21. The van der Waals surface area contributed by atoms with E-state index in [0.717, 1.165) is 0 Å². The Labute approximate surface area is 498 Å². The quantitative estimate of drug-likeness (QED) is 0.0421. The molecule has 0 N–H and O–H groups in total. The molecule has 0 bridgehead atoms. The van der Waals surface area contributed by atoms with Crippen molar-refractivity contribution in [1.82, 2.24) is 0 Å². The summed E-state index contributed by atoms with van der Waals surface area (Å²) in [6.07, 6.45) is 113. The van der Waals surface area contributed by atoms with E-state index in [9.17, 15) is 0 Å². The van der Waals surface area contributed by atoms with Crippen LogP contribution in [0.1, 0.15) is 488 Å². The number of hydrogen-bond acceptors (Lipinski definition) is 0. The molecule has 0 atom stereocenters. The van der Waals surface area contributed by atoms with Gasteiger partial charge in [-0.2, -0.15) is 0 Å². The average molecular weight is 1090 g/mol. The van der Waals surface area contributed by atoms with Crippen molar-refractivity contribution in [3.05, 3.63) is 12.7 Å². The largest absolute Gasteiger partial charge is 0.103 e. The van der Waals surface area contributed by atoms with E-state index in [0.29, 0.717) is 0 Å². The molecule has 0 heterocycles. The third kappa shape index (κ3) is 75.7. The van der Waals surface area contributed by atoms with Crippen molar-refractivity contribution in [2.45, 2.75) is 488 Å². The lowest BCUT2D eigenvalue weighted by atomic mass is 10.0. The predicted molar refractivity (Wildman–Crippen MR) is 362 cm³/mol. The van der Waals surface area contributed by atoms with Crippen molar-refractivity contribution in [3.8, 4) is 0 Å². The zero-order valence-corrected chi connectivity index (χ0v) is 55.3. The van der Waals surface area contributed by atoms with Gasteiger partial charge < -0.3 is 0 Å². The van der Waals surface area contributed by atoms with Gasteiger partial charge in [0.05, 0.1) is 0 Å². The zero-order valence-electron chi connectivity index (χ0n) is 55.3. The molecule has 0 heteroatoms. The molecule has 0 rings (SSSR count). The summed E-state index contributed by atoms with van der Waals surface area (Å²) >= 11 is 0. The summed E-state index contributed by atoms with van der Waals surface area (Å²) in [7, 11) is 0. The van der Waals surface area contributed by atoms with E-state index >= 15 is 0 Å². The predicted octanol–water partition coefficient (Wildman–Crippen LogP) is 30.4. The standard InChI is InChI=1S/C78H156/c1-3-5-7-9-11-13-15-17-19-21-23-25-27-29-31-33-35-37-39-41-43-45-47-49-51-53-55-57-59-61-63-65-67-69-71-73-75-77-78-76-74-72-70-68-66-64-62-60-58-56-54-52-50-48-46-44-42-40-38-36-34-32-30-28-26-24-22-20-18-16-14-12-10-8-6-4-2/h3H,1,4-78H2,2H3. The highest BCUT2D eigenvalue weighted by Crippen LogP contribution is 2.21. The van der Waals surface area contributed by atoms with Crippen LogP contribution in [0.25, 0.3) is 0 Å². The molecule has 0 nitrogen and oxygen atoms in total. The first kappa shape index (κ1) is 77.7. The van der Waals surface area contributed by atoms with Gasteiger partial charge in [-0.3, -0.25) is 0 Å². The smallest absolute Gasteiger partial charge is 0.0353 e. The van der Waals surface area contributed by atoms with Crippen LogP contribution in [0.5, 0.6) is 0 Å². The molecule has 0 aliphatic rings. The van der Waals surface area contributed by atoms with Crippen LogP contribution in [0.3, 0.4) is 0 Å². The van der Waals surface area contributed by atoms with E-state index in [2.05, 4.69) is 19.6 Å². The average Bonchev–Trinajstić information content (AvgIpc) is 3.45. The molecular weight excluding hydrogens is 937 g/mol. The maximum Gasteiger partial charge on any atom is -0.0353 e. The SMILES string of the molecule is C=CCCCCCCCCCCCCCCCCCCCCCCCCCCCCCCCCCCCCCCCCCCCCCCCCCCCCCCCCCCCCCCCCCCCCCCCCCCCC. The van der Waals surface area contributed by atoms with Gasteiger partial charge in [-0.25, -0.2) is 0 Å². The van der Waals surface area contributed by atoms with Crippen molar-refractivity contribution in [2.24, 2.45) is 0 Å². The number of rotatable bonds is 75. The summed E-state index contributed by atoms with van der Waals surface area (Å²) in [4.78, 5) is 0. The number of allylic oxidation sites excluding steroid dienone is 1. The Hall–Kier alpha value is -0.260. The Morgan fingerprint density at radius 1 is 0.128 bits per heavy atom. The lowest BCUT2D eigenvalue weighted by molar-refractivity contribution is 0.506. The lowest BCUT2D eigenvalue weighted by Gasteiger charge is -2.05. The van der Waals surface area contributed by atoms with Crippen LogP contribution in [0, 0.1) is 0 Å². The van der Waals surface area contributed by atoms with Crippen LogP contribution in [0.15, 0.2) is 12.7 Å². The molecule has 0 radical (unpaired) electrons. The normalized spacial score (nSPS) is 11.7. The van der Waals surface area contributed by atoms with Crippen molar-refractivity contribution < 1.29 is 0 Å². The summed E-state index contributed by atoms with van der Waals surface area (Å²) in [5, 5.41) is 0. The Morgan fingerprint density at radius 2 is 0.205 bits per heavy atom. The highest BCUT2D eigenvalue weighted by atomic mass is 14.1. The fourth-order valence-corrected chi connectivity index (χ4v) is 13.1. The van der Waals surface area contributed by atoms with Gasteiger partial charge in [-0.05, 0) is 12.8 Å². The van der Waals surface area contributed by atoms with Crippen molar-refractivity contribution in [2.75, 3.05) is 0 Å². The van der Waals surface area contributed by atoms with Gasteiger partial charge in [-0.1, -0.05) is 482 Å². The van der Waals surface area contributed by atoms with Gasteiger partial charge >= 0.3 is 0 Å². The number of hydrogen-bond donors (Lipinski definition) is 0. The molecule has 0 aliphatic heterocycles. The van der Waals surface area contributed by atoms with E-state index < -0.39 is 0 Å². The summed E-state index contributed by atoms with van der Waals surface area (Å²) in [5.41, 5.74) is 0. The summed E-state index contributed by atoms with van der Waals surface area (Å²) < 4.78 is 0. The fraction of sp³-hybridized carbons (Fsp3) is 0.974. The van der Waals surface area contributed by atoms with Gasteiger partial charge in [-0.15, -0.1) is 6.58 Å². The van der Waals surface area contributed by atoms with Gasteiger partial charge in [0, 0.05) is 0 Å². The van der Waals surface area contributed by atoms with E-state index in [-0.39, 0.29) is 0 Å². The molecular formula is C78H156. The van der Waals surface area contributed by atoms with Gasteiger partial charge in [0.25, 0.3) is 0 Å². The monoisotopic (exact) mass is 1090 g/mol. The molecule has 0 saturated carbocycles. The molecule has 0 spiro atoms. The van der Waals surface area contributed by atoms with E-state index in [1.54, 1.807) is 0 Å². The molecule has 0 unspecified atom stereocenters. The van der Waals surface area contributed by atoms with Gasteiger partial charge in [0.15, 0.2) is 0 Å². The molecule has 0 amide bonds. The molecule has 468 valence electrons. The molecule has 78 heavy (non-hydrogen) atoms. The van der Waals surface area contributed by atoms with Gasteiger partial charge in [0.1, 0.15) is 0 Å². The third-order valence-corrected chi connectivity index (χ3v) is 18.8. The molecule has 0 aromatic carbocycles. The Balaban J connectivity index is 3.08. The Kier molecular flexibility index (Phi) is 76.5. The Morgan fingerprint density at radius 3 is 0.282 bits per heavy atom. The number of unbranched alkanes of at least 4 members (excludes halogenated alkanes) is 74. The van der Waals surface area contributed by atoms with Crippen LogP contribution >= 0.6 is 0 Å². The fourth-order valence-electron chi connectivity index (χ4n) is 13.1. The van der Waals surface area contributed by atoms with Crippen LogP contribution < -0.4 is 0 Å². The molecule has 0 fully saturated rings. The second-order valence-electron chi connectivity index (χ2n) is 26.9. The summed E-state index contributed by atoms with van der Waals surface area (Å²) in [6, 6.07) is 0. The van der Waals surface area contributed by atoms with Crippen LogP contribution in [-0.2, 0) is 0 Å². The van der Waals surface area contributed by atoms with E-state index in [1.807, 2.05) is 0 Å². The maximum atomic E-state index is 3.82. The highest BCUT2D eigenvalue weighted by Gasteiger charge is 2.01. The molecule has 0 aliphatic carbocycles. The van der Waals surface area contributed by atoms with Crippen LogP contribution in [0.4, 0.5) is 0 Å². The first-order valence-corrected chi connectivity index (χ1v) is 38.5. The zero-order chi connectivity index (χ0) is 55.7. The van der Waals surface area contributed by atoms with Crippen molar-refractivity contribution in [3.63, 3.8) is 0 Å². The topological polar surface area (TPSA) is 0 Å². The maximum absolute atomic E-state index is 3.82. The van der Waals surface area contributed by atoms with E-state index in [1.165, 1.54) is 482 Å². The molecule has 0 aromatic rings. The first-order chi connectivity index (χ1) is 38.9. The minimum atomic E-state index is 1.21. The second-order valence-corrected chi connectivity index (χ2v) is 26.9. The molecule has 0 aromatic heterocycles. The summed E-state index contributed by atoms with van der Waals surface area (Å²) in [5.74, 6) is 0. The second kappa shape index (κ2) is 76.7.